The number of rotatable bonds is 2. The van der Waals surface area contributed by atoms with E-state index in [0.29, 0.717) is 0 Å². The lowest BCUT2D eigenvalue weighted by atomic mass is 10.0. The Labute approximate surface area is 262 Å². The van der Waals surface area contributed by atoms with E-state index < -0.39 is 0 Å². The number of benzene rings is 7. The highest BCUT2D eigenvalue weighted by Crippen LogP contribution is 2.43. The molecular weight excluding hydrogens is 560 g/mol. The second-order valence-corrected chi connectivity index (χ2v) is 12.2. The fraction of sp³-hybridized carbons (Fsp3) is 0. The zero-order chi connectivity index (χ0) is 29.9. The average Bonchev–Trinajstić information content (AvgIpc) is 3.60. The Morgan fingerprint density at radius 2 is 1.00 bits per heavy atom. The first-order valence-electron chi connectivity index (χ1n) is 15.7. The van der Waals surface area contributed by atoms with Gasteiger partial charge < -0.3 is 8.80 Å². The summed E-state index contributed by atoms with van der Waals surface area (Å²) in [7, 11) is 0. The Morgan fingerprint density at radius 3 is 1.72 bits per heavy atom. The Bertz CT molecular complexity index is 3020. The molecule has 4 heterocycles. The minimum Gasteiger partial charge on any atom is -0.306 e. The molecule has 11 rings (SSSR count). The van der Waals surface area contributed by atoms with Crippen molar-refractivity contribution in [3.8, 4) is 22.6 Å². The van der Waals surface area contributed by atoms with E-state index in [1.54, 1.807) is 0 Å². The Hall–Kier alpha value is -6.26. The standard InChI is InChI=1S/C42H24N4/c1-2-10-26(11-3-1)39-32-14-4-7-15-33(32)43-42(44-39)27-20-23-36-37(24-27)46-35-17-9-6-13-29(35)31-22-19-25-18-21-30-28-12-5-8-16-34(28)45(36)40(30)38(25)41(31)46/h1-24H. The second kappa shape index (κ2) is 8.68. The summed E-state index contributed by atoms with van der Waals surface area (Å²) in [5.74, 6) is 0.718. The molecule has 0 aliphatic heterocycles. The van der Waals surface area contributed by atoms with Crippen LogP contribution in [0.25, 0.3) is 99.0 Å². The largest absolute Gasteiger partial charge is 0.306 e. The van der Waals surface area contributed by atoms with E-state index in [0.717, 1.165) is 44.6 Å². The Kier molecular flexibility index (Phi) is 4.55. The molecule has 4 heteroatoms. The van der Waals surface area contributed by atoms with Crippen molar-refractivity contribution in [2.75, 3.05) is 0 Å². The highest BCUT2D eigenvalue weighted by Gasteiger charge is 2.22. The predicted molar refractivity (Wildman–Crippen MR) is 191 cm³/mol. The van der Waals surface area contributed by atoms with Crippen LogP contribution in [0.3, 0.4) is 0 Å². The molecule has 46 heavy (non-hydrogen) atoms. The fourth-order valence-corrected chi connectivity index (χ4v) is 7.87. The summed E-state index contributed by atoms with van der Waals surface area (Å²) in [6.07, 6.45) is 0. The highest BCUT2D eigenvalue weighted by molar-refractivity contribution is 6.29. The molecule has 0 fully saturated rings. The van der Waals surface area contributed by atoms with Gasteiger partial charge in [0.25, 0.3) is 0 Å². The molecule has 212 valence electrons. The topological polar surface area (TPSA) is 34.6 Å². The molecule has 0 saturated carbocycles. The van der Waals surface area contributed by atoms with Crippen molar-refractivity contribution in [3.05, 3.63) is 146 Å². The maximum atomic E-state index is 5.24. The zero-order valence-electron chi connectivity index (χ0n) is 24.6. The number of nitrogens with zero attached hydrogens (tertiary/aromatic N) is 4. The van der Waals surface area contributed by atoms with Crippen molar-refractivity contribution in [2.24, 2.45) is 0 Å². The molecule has 4 aromatic heterocycles. The fourth-order valence-electron chi connectivity index (χ4n) is 7.87. The van der Waals surface area contributed by atoms with E-state index in [2.05, 4.69) is 142 Å². The minimum atomic E-state index is 0.718. The normalized spacial score (nSPS) is 12.3. The van der Waals surface area contributed by atoms with E-state index in [-0.39, 0.29) is 0 Å². The average molecular weight is 585 g/mol. The van der Waals surface area contributed by atoms with Crippen LogP contribution in [-0.2, 0) is 0 Å². The van der Waals surface area contributed by atoms with Gasteiger partial charge in [-0.05, 0) is 41.8 Å². The van der Waals surface area contributed by atoms with Gasteiger partial charge in [0.2, 0.25) is 0 Å². The van der Waals surface area contributed by atoms with Crippen LogP contribution in [0.2, 0.25) is 0 Å². The molecule has 0 unspecified atom stereocenters. The lowest BCUT2D eigenvalue weighted by Crippen LogP contribution is -1.96. The highest BCUT2D eigenvalue weighted by atomic mass is 15.0. The van der Waals surface area contributed by atoms with Crippen LogP contribution in [-0.4, -0.2) is 18.8 Å². The SMILES string of the molecule is c1ccc(-c2nc(-c3ccc4c(c3)n3c5ccccc5c5ccc6ccc7c8ccccc8n4c7c6c53)nc3ccccc23)cc1. The van der Waals surface area contributed by atoms with Crippen LogP contribution in [0.5, 0.6) is 0 Å². The van der Waals surface area contributed by atoms with Gasteiger partial charge in [-0.3, -0.25) is 0 Å². The number of hydrogen-bond acceptors (Lipinski definition) is 2. The first-order valence-corrected chi connectivity index (χ1v) is 15.7. The molecule has 0 amide bonds. The van der Waals surface area contributed by atoms with Crippen molar-refractivity contribution in [1.82, 2.24) is 18.8 Å². The maximum Gasteiger partial charge on any atom is 0.160 e. The summed E-state index contributed by atoms with van der Waals surface area (Å²) in [5, 5.41) is 8.63. The number of aromatic nitrogens is 4. The lowest BCUT2D eigenvalue weighted by molar-refractivity contribution is 1.23. The predicted octanol–water partition coefficient (Wildman–Crippen LogP) is 10.7. The monoisotopic (exact) mass is 584 g/mol. The Balaban J connectivity index is 1.36. The summed E-state index contributed by atoms with van der Waals surface area (Å²) >= 11 is 0. The third kappa shape index (κ3) is 3.03. The molecule has 0 aliphatic rings. The molecule has 0 radical (unpaired) electrons. The lowest BCUT2D eigenvalue weighted by Gasteiger charge is -2.10. The molecule has 0 atom stereocenters. The number of para-hydroxylation sites is 3. The second-order valence-electron chi connectivity index (χ2n) is 12.2. The van der Waals surface area contributed by atoms with Gasteiger partial charge in [0.15, 0.2) is 5.82 Å². The molecule has 7 aromatic carbocycles. The van der Waals surface area contributed by atoms with Gasteiger partial charge in [-0.25, -0.2) is 9.97 Å². The molecule has 0 aliphatic carbocycles. The van der Waals surface area contributed by atoms with Gasteiger partial charge in [0, 0.05) is 43.4 Å². The summed E-state index contributed by atoms with van der Waals surface area (Å²) in [6, 6.07) is 52.2. The van der Waals surface area contributed by atoms with Crippen LogP contribution in [0.4, 0.5) is 0 Å². The number of fused-ring (bicyclic) bond motifs is 10. The summed E-state index contributed by atoms with van der Waals surface area (Å²) < 4.78 is 4.95. The van der Waals surface area contributed by atoms with E-state index >= 15 is 0 Å². The van der Waals surface area contributed by atoms with Gasteiger partial charge in [-0.15, -0.1) is 0 Å². The van der Waals surface area contributed by atoms with Crippen molar-refractivity contribution in [1.29, 1.82) is 0 Å². The minimum absolute atomic E-state index is 0.718. The Morgan fingerprint density at radius 1 is 0.391 bits per heavy atom. The van der Waals surface area contributed by atoms with Crippen molar-refractivity contribution < 1.29 is 0 Å². The molecule has 0 saturated heterocycles. The summed E-state index contributed by atoms with van der Waals surface area (Å²) in [5.41, 5.74) is 11.1. The van der Waals surface area contributed by atoms with Crippen LogP contribution in [0, 0.1) is 0 Å². The van der Waals surface area contributed by atoms with E-state index in [1.165, 1.54) is 54.4 Å². The third-order valence-corrected chi connectivity index (χ3v) is 9.81. The van der Waals surface area contributed by atoms with E-state index in [9.17, 15) is 0 Å². The first kappa shape index (κ1) is 24.1. The smallest absolute Gasteiger partial charge is 0.160 e. The van der Waals surface area contributed by atoms with Crippen molar-refractivity contribution in [2.45, 2.75) is 0 Å². The van der Waals surface area contributed by atoms with Crippen LogP contribution in [0.1, 0.15) is 0 Å². The van der Waals surface area contributed by atoms with Crippen LogP contribution >= 0.6 is 0 Å². The summed E-state index contributed by atoms with van der Waals surface area (Å²) in [6.45, 7) is 0. The summed E-state index contributed by atoms with van der Waals surface area (Å²) in [4.78, 5) is 10.4. The zero-order valence-corrected chi connectivity index (χ0v) is 24.6. The molecule has 0 N–H and O–H groups in total. The first-order chi connectivity index (χ1) is 22.8. The van der Waals surface area contributed by atoms with Crippen molar-refractivity contribution in [3.63, 3.8) is 0 Å². The van der Waals surface area contributed by atoms with Gasteiger partial charge >= 0.3 is 0 Å². The molecular formula is C42H24N4. The third-order valence-electron chi connectivity index (χ3n) is 9.81. The van der Waals surface area contributed by atoms with Gasteiger partial charge in [0.1, 0.15) is 0 Å². The van der Waals surface area contributed by atoms with Crippen LogP contribution < -0.4 is 0 Å². The molecule has 11 aromatic rings. The van der Waals surface area contributed by atoms with E-state index in [1.807, 2.05) is 12.1 Å². The maximum absolute atomic E-state index is 5.24. The quantitative estimate of drug-likeness (QED) is 0.203. The van der Waals surface area contributed by atoms with Gasteiger partial charge in [0.05, 0.1) is 44.3 Å². The molecule has 0 spiro atoms. The molecule has 4 nitrogen and oxygen atoms in total. The molecule has 0 bridgehead atoms. The van der Waals surface area contributed by atoms with Gasteiger partial charge in [-0.2, -0.15) is 0 Å². The van der Waals surface area contributed by atoms with Gasteiger partial charge in [-0.1, -0.05) is 109 Å². The number of hydrogen-bond donors (Lipinski definition) is 0. The van der Waals surface area contributed by atoms with Crippen LogP contribution in [0.15, 0.2) is 146 Å². The van der Waals surface area contributed by atoms with Crippen molar-refractivity contribution >= 4 is 76.3 Å². The van der Waals surface area contributed by atoms with E-state index in [4.69, 9.17) is 9.97 Å².